The van der Waals surface area contributed by atoms with E-state index in [1.807, 2.05) is 0 Å². The van der Waals surface area contributed by atoms with Gasteiger partial charge < -0.3 is 9.15 Å². The summed E-state index contributed by atoms with van der Waals surface area (Å²) in [5.74, 6) is -0.968. The molecule has 1 aliphatic carbocycles. The summed E-state index contributed by atoms with van der Waals surface area (Å²) < 4.78 is 39.5. The highest BCUT2D eigenvalue weighted by Crippen LogP contribution is 2.37. The molecule has 9 heteroatoms. The Balaban J connectivity index is 1.51. The molecule has 1 aromatic carbocycles. The highest BCUT2D eigenvalue weighted by Gasteiger charge is 2.32. The molecule has 0 aliphatic heterocycles. The van der Waals surface area contributed by atoms with Crippen molar-refractivity contribution in [3.8, 4) is 23.3 Å². The number of oxazole rings is 1. The van der Waals surface area contributed by atoms with Gasteiger partial charge in [0.05, 0.1) is 17.4 Å². The van der Waals surface area contributed by atoms with Gasteiger partial charge in [0.15, 0.2) is 18.0 Å². The van der Waals surface area contributed by atoms with E-state index in [2.05, 4.69) is 20.2 Å². The molecule has 0 bridgehead atoms. The Kier molecular flexibility index (Phi) is 3.58. The van der Waals surface area contributed by atoms with Crippen LogP contribution in [0.1, 0.15) is 29.3 Å². The number of fused-ring (bicyclic) bond motifs is 2. The van der Waals surface area contributed by atoms with Crippen LogP contribution in [0, 0.1) is 23.1 Å². The number of hydrogen-bond acceptors (Lipinski definition) is 6. The molecule has 138 valence electrons. The number of pyridine rings is 1. The second kappa shape index (κ2) is 6.13. The van der Waals surface area contributed by atoms with Crippen LogP contribution in [-0.4, -0.2) is 20.2 Å². The van der Waals surface area contributed by atoms with Gasteiger partial charge in [-0.3, -0.25) is 5.10 Å². The van der Waals surface area contributed by atoms with Gasteiger partial charge in [-0.1, -0.05) is 0 Å². The van der Waals surface area contributed by atoms with E-state index in [1.54, 1.807) is 24.4 Å². The standard InChI is InChI=1S/C19H11F2N5O2/c20-16-10-2-4-14(17(10)24-19(21)12(16)6-22)28-9-1-3-13-11(5-9)18(26-25-13)15-7-23-8-27-15/h1,3,5,7-8,14H,2,4H2,(H,25,26)/t14-/m1/s1. The minimum Gasteiger partial charge on any atom is -0.484 e. The molecule has 1 N–H and O–H groups in total. The van der Waals surface area contributed by atoms with Crippen molar-refractivity contribution in [2.24, 2.45) is 0 Å². The van der Waals surface area contributed by atoms with Crippen LogP contribution in [0.25, 0.3) is 22.4 Å². The molecular weight excluding hydrogens is 368 g/mol. The van der Waals surface area contributed by atoms with Crippen molar-refractivity contribution < 1.29 is 17.9 Å². The minimum atomic E-state index is -1.12. The fourth-order valence-corrected chi connectivity index (χ4v) is 3.46. The molecule has 0 radical (unpaired) electrons. The number of ether oxygens (including phenoxy) is 1. The zero-order valence-electron chi connectivity index (χ0n) is 14.2. The predicted molar refractivity (Wildman–Crippen MR) is 92.1 cm³/mol. The Hall–Kier alpha value is -3.80. The van der Waals surface area contributed by atoms with Crippen LogP contribution in [0.4, 0.5) is 8.78 Å². The molecule has 4 aromatic rings. The number of aromatic amines is 1. The summed E-state index contributed by atoms with van der Waals surface area (Å²) in [5.41, 5.74) is 1.13. The van der Waals surface area contributed by atoms with E-state index in [0.717, 1.165) is 10.9 Å². The van der Waals surface area contributed by atoms with Crippen LogP contribution in [0.3, 0.4) is 0 Å². The Morgan fingerprint density at radius 3 is 3.00 bits per heavy atom. The van der Waals surface area contributed by atoms with Gasteiger partial charge in [-0.2, -0.15) is 14.8 Å². The number of H-pyrrole nitrogens is 1. The molecular formula is C19H11F2N5O2. The number of rotatable bonds is 3. The number of aromatic nitrogens is 4. The van der Waals surface area contributed by atoms with Crippen LogP contribution in [0.15, 0.2) is 35.2 Å². The van der Waals surface area contributed by atoms with Crippen molar-refractivity contribution in [3.63, 3.8) is 0 Å². The molecule has 7 nitrogen and oxygen atoms in total. The first kappa shape index (κ1) is 16.4. The third-order valence-electron chi connectivity index (χ3n) is 4.77. The lowest BCUT2D eigenvalue weighted by Gasteiger charge is -2.14. The molecule has 0 fully saturated rings. The summed E-state index contributed by atoms with van der Waals surface area (Å²) in [4.78, 5) is 7.67. The molecule has 0 saturated carbocycles. The first-order valence-corrected chi connectivity index (χ1v) is 8.47. The molecule has 0 amide bonds. The number of benzene rings is 1. The van der Waals surface area contributed by atoms with E-state index in [9.17, 15) is 8.78 Å². The maximum Gasteiger partial charge on any atom is 0.234 e. The van der Waals surface area contributed by atoms with Crippen molar-refractivity contribution in [1.82, 2.24) is 20.2 Å². The van der Waals surface area contributed by atoms with Gasteiger partial charge in [0.2, 0.25) is 5.95 Å². The highest BCUT2D eigenvalue weighted by molar-refractivity contribution is 5.92. The predicted octanol–water partition coefficient (Wildman–Crippen LogP) is 3.83. The summed E-state index contributed by atoms with van der Waals surface area (Å²) in [5, 5.41) is 16.8. The maximum absolute atomic E-state index is 14.3. The number of halogens is 2. The first-order valence-electron chi connectivity index (χ1n) is 8.47. The number of nitrogens with one attached hydrogen (secondary N) is 1. The van der Waals surface area contributed by atoms with Gasteiger partial charge in [0.1, 0.15) is 29.2 Å². The topological polar surface area (TPSA) is 101 Å². The molecule has 0 unspecified atom stereocenters. The number of nitriles is 1. The largest absolute Gasteiger partial charge is 0.484 e. The SMILES string of the molecule is N#Cc1c(F)nc2c(c1F)CC[C@H]2Oc1ccc2[nH]nc(-c3cnco3)c2c1. The number of hydrogen-bond donors (Lipinski definition) is 1. The van der Waals surface area contributed by atoms with E-state index >= 15 is 0 Å². The third-order valence-corrected chi connectivity index (χ3v) is 4.77. The van der Waals surface area contributed by atoms with Gasteiger partial charge >= 0.3 is 0 Å². The van der Waals surface area contributed by atoms with Gasteiger partial charge in [-0.05, 0) is 31.0 Å². The Labute approximate surface area is 156 Å². The molecule has 3 heterocycles. The fourth-order valence-electron chi connectivity index (χ4n) is 3.46. The van der Waals surface area contributed by atoms with E-state index in [0.29, 0.717) is 30.0 Å². The second-order valence-electron chi connectivity index (χ2n) is 6.36. The molecule has 5 rings (SSSR count). The van der Waals surface area contributed by atoms with E-state index < -0.39 is 23.4 Å². The molecule has 28 heavy (non-hydrogen) atoms. The molecule has 0 spiro atoms. The normalized spacial score (nSPS) is 15.5. The smallest absolute Gasteiger partial charge is 0.234 e. The quantitative estimate of drug-likeness (QED) is 0.543. The van der Waals surface area contributed by atoms with Gasteiger partial charge in [-0.15, -0.1) is 0 Å². The van der Waals surface area contributed by atoms with Crippen LogP contribution >= 0.6 is 0 Å². The maximum atomic E-state index is 14.3. The van der Waals surface area contributed by atoms with Gasteiger partial charge in [0, 0.05) is 10.9 Å². The van der Waals surface area contributed by atoms with Crippen LogP contribution in [-0.2, 0) is 6.42 Å². The molecule has 0 saturated heterocycles. The van der Waals surface area contributed by atoms with Gasteiger partial charge in [0.25, 0.3) is 0 Å². The van der Waals surface area contributed by atoms with E-state index in [4.69, 9.17) is 14.4 Å². The van der Waals surface area contributed by atoms with Crippen molar-refractivity contribution >= 4 is 10.9 Å². The Bertz CT molecular complexity index is 1240. The summed E-state index contributed by atoms with van der Waals surface area (Å²) in [7, 11) is 0. The van der Waals surface area contributed by atoms with Gasteiger partial charge in [-0.25, -0.2) is 14.4 Å². The zero-order chi connectivity index (χ0) is 19.3. The Morgan fingerprint density at radius 1 is 1.32 bits per heavy atom. The van der Waals surface area contributed by atoms with Crippen molar-refractivity contribution in [1.29, 1.82) is 5.26 Å². The first-order chi connectivity index (χ1) is 13.7. The summed E-state index contributed by atoms with van der Waals surface area (Å²) in [6.07, 6.45) is 3.02. The van der Waals surface area contributed by atoms with Crippen molar-refractivity contribution in [2.45, 2.75) is 18.9 Å². The van der Waals surface area contributed by atoms with E-state index in [1.165, 1.54) is 12.5 Å². The van der Waals surface area contributed by atoms with Crippen molar-refractivity contribution in [2.75, 3.05) is 0 Å². The van der Waals surface area contributed by atoms with Crippen LogP contribution in [0.2, 0.25) is 0 Å². The number of nitrogens with zero attached hydrogens (tertiary/aromatic N) is 4. The molecule has 1 aliphatic rings. The van der Waals surface area contributed by atoms with E-state index in [-0.39, 0.29) is 11.3 Å². The summed E-state index contributed by atoms with van der Waals surface area (Å²) in [6.45, 7) is 0. The molecule has 1 atom stereocenters. The van der Waals surface area contributed by atoms with Crippen LogP contribution in [0.5, 0.6) is 5.75 Å². The third kappa shape index (κ3) is 2.42. The van der Waals surface area contributed by atoms with Crippen LogP contribution < -0.4 is 4.74 Å². The molecule has 3 aromatic heterocycles. The fraction of sp³-hybridized carbons (Fsp3) is 0.158. The second-order valence-corrected chi connectivity index (χ2v) is 6.36. The summed E-state index contributed by atoms with van der Waals surface area (Å²) in [6, 6.07) is 6.81. The lowest BCUT2D eigenvalue weighted by molar-refractivity contribution is 0.202. The lowest BCUT2D eigenvalue weighted by Crippen LogP contribution is -2.09. The summed E-state index contributed by atoms with van der Waals surface area (Å²) >= 11 is 0. The monoisotopic (exact) mass is 379 g/mol. The Morgan fingerprint density at radius 2 is 2.21 bits per heavy atom. The highest BCUT2D eigenvalue weighted by atomic mass is 19.1. The average molecular weight is 379 g/mol. The van der Waals surface area contributed by atoms with Crippen molar-refractivity contribution in [3.05, 3.63) is 59.4 Å². The zero-order valence-corrected chi connectivity index (χ0v) is 14.2. The minimum absolute atomic E-state index is 0.191. The lowest BCUT2D eigenvalue weighted by atomic mass is 10.1. The average Bonchev–Trinajstić information content (AvgIpc) is 3.42.